The van der Waals surface area contributed by atoms with Crippen molar-refractivity contribution in [3.05, 3.63) is 48.5 Å². The lowest BCUT2D eigenvalue weighted by Gasteiger charge is -2.17. The highest BCUT2D eigenvalue weighted by Crippen LogP contribution is 2.36. The summed E-state index contributed by atoms with van der Waals surface area (Å²) in [5, 5.41) is 9.29. The average molecular weight is 285 g/mol. The number of anilines is 1. The number of imidazole rings is 1. The predicted molar refractivity (Wildman–Crippen MR) is 76.0 cm³/mol. The number of carboxylic acids is 1. The minimum atomic E-state index is -0.896. The Morgan fingerprint density at radius 3 is 2.86 bits per heavy atom. The van der Waals surface area contributed by atoms with Gasteiger partial charge in [0.25, 0.3) is 0 Å². The lowest BCUT2D eigenvalue weighted by Crippen LogP contribution is -2.31. The molecular formula is C15H15N3O3. The van der Waals surface area contributed by atoms with E-state index in [0.717, 1.165) is 0 Å². The van der Waals surface area contributed by atoms with Crippen molar-refractivity contribution in [2.75, 3.05) is 11.4 Å². The predicted octanol–water partition coefficient (Wildman–Crippen LogP) is 1.49. The fourth-order valence-electron chi connectivity index (χ4n) is 2.63. The van der Waals surface area contributed by atoms with Crippen LogP contribution in [-0.4, -0.2) is 33.1 Å². The van der Waals surface area contributed by atoms with Crippen LogP contribution in [0.2, 0.25) is 0 Å². The van der Waals surface area contributed by atoms with Crippen LogP contribution in [0.4, 0.5) is 5.69 Å². The number of amides is 1. The maximum absolute atomic E-state index is 12.4. The summed E-state index contributed by atoms with van der Waals surface area (Å²) in [6.07, 6.45) is 5.43. The summed E-state index contributed by atoms with van der Waals surface area (Å²) in [5.41, 5.74) is 1.42. The number of hydrogen-bond donors (Lipinski definition) is 1. The molecule has 0 bridgehead atoms. The molecule has 1 atom stereocenters. The van der Waals surface area contributed by atoms with Crippen molar-refractivity contribution in [1.29, 1.82) is 0 Å². The van der Waals surface area contributed by atoms with Gasteiger partial charge in [-0.15, -0.1) is 0 Å². The molecule has 1 unspecified atom stereocenters. The molecule has 6 nitrogen and oxygen atoms in total. The van der Waals surface area contributed by atoms with Crippen molar-refractivity contribution in [2.24, 2.45) is 0 Å². The lowest BCUT2D eigenvalue weighted by molar-refractivity contribution is -0.138. The van der Waals surface area contributed by atoms with Crippen LogP contribution in [0.1, 0.15) is 17.9 Å². The van der Waals surface area contributed by atoms with E-state index in [1.165, 1.54) is 0 Å². The molecule has 0 saturated heterocycles. The van der Waals surface area contributed by atoms with Crippen molar-refractivity contribution in [3.63, 3.8) is 0 Å². The molecule has 0 saturated carbocycles. The SMILES string of the molecule is O=C(O)C1CN(C(=O)CCn2ccnc2)c2ccccc21. The number of rotatable bonds is 4. The first kappa shape index (κ1) is 13.4. The third kappa shape index (κ3) is 2.52. The number of aryl methyl sites for hydroxylation is 1. The number of aliphatic carboxylic acids is 1. The third-order valence-electron chi connectivity index (χ3n) is 3.71. The topological polar surface area (TPSA) is 75.4 Å². The second kappa shape index (κ2) is 5.40. The molecule has 108 valence electrons. The molecule has 0 fully saturated rings. The molecule has 2 aromatic rings. The Kier molecular flexibility index (Phi) is 3.43. The van der Waals surface area contributed by atoms with E-state index in [9.17, 15) is 14.7 Å². The number of nitrogens with zero attached hydrogens (tertiary/aromatic N) is 3. The number of hydrogen-bond acceptors (Lipinski definition) is 3. The lowest BCUT2D eigenvalue weighted by atomic mass is 10.0. The van der Waals surface area contributed by atoms with Gasteiger partial charge in [0.2, 0.25) is 5.91 Å². The van der Waals surface area contributed by atoms with Crippen LogP contribution >= 0.6 is 0 Å². The fourth-order valence-corrected chi connectivity index (χ4v) is 2.63. The Hall–Kier alpha value is -2.63. The van der Waals surface area contributed by atoms with Gasteiger partial charge < -0.3 is 14.6 Å². The van der Waals surface area contributed by atoms with Gasteiger partial charge in [0.15, 0.2) is 0 Å². The van der Waals surface area contributed by atoms with Crippen LogP contribution in [0, 0.1) is 0 Å². The molecule has 1 aliphatic heterocycles. The number of benzene rings is 1. The molecule has 1 aliphatic rings. The van der Waals surface area contributed by atoms with Gasteiger partial charge in [-0.3, -0.25) is 9.59 Å². The highest BCUT2D eigenvalue weighted by molar-refractivity contribution is 5.98. The first-order chi connectivity index (χ1) is 10.2. The van der Waals surface area contributed by atoms with Crippen LogP contribution in [0.5, 0.6) is 0 Å². The molecule has 2 heterocycles. The van der Waals surface area contributed by atoms with Gasteiger partial charge in [0.1, 0.15) is 5.92 Å². The van der Waals surface area contributed by atoms with E-state index < -0.39 is 11.9 Å². The molecule has 0 aliphatic carbocycles. The largest absolute Gasteiger partial charge is 0.481 e. The summed E-state index contributed by atoms with van der Waals surface area (Å²) in [7, 11) is 0. The summed E-state index contributed by atoms with van der Waals surface area (Å²) in [6, 6.07) is 7.19. The Bertz CT molecular complexity index is 667. The van der Waals surface area contributed by atoms with E-state index >= 15 is 0 Å². The zero-order valence-corrected chi connectivity index (χ0v) is 11.3. The summed E-state index contributed by atoms with van der Waals surface area (Å²) in [6.45, 7) is 0.743. The van der Waals surface area contributed by atoms with Crippen molar-refractivity contribution in [2.45, 2.75) is 18.9 Å². The second-order valence-electron chi connectivity index (χ2n) is 5.00. The second-order valence-corrected chi connectivity index (χ2v) is 5.00. The normalized spacial score (nSPS) is 16.8. The standard InChI is InChI=1S/C15H15N3O3/c19-14(5-7-17-8-6-16-10-17)18-9-12(15(20)21)11-3-1-2-4-13(11)18/h1-4,6,8,10,12H,5,7,9H2,(H,20,21). The molecule has 6 heteroatoms. The highest BCUT2D eigenvalue weighted by Gasteiger charge is 2.35. The Morgan fingerprint density at radius 1 is 1.33 bits per heavy atom. The summed E-state index contributed by atoms with van der Waals surface area (Å²) in [4.78, 5) is 29.2. The zero-order valence-electron chi connectivity index (χ0n) is 11.3. The number of carboxylic acid groups (broad SMARTS) is 1. The third-order valence-corrected chi connectivity index (χ3v) is 3.71. The molecule has 1 N–H and O–H groups in total. The van der Waals surface area contributed by atoms with E-state index in [0.29, 0.717) is 24.2 Å². The fraction of sp³-hybridized carbons (Fsp3) is 0.267. The van der Waals surface area contributed by atoms with Crippen molar-refractivity contribution >= 4 is 17.6 Å². The van der Waals surface area contributed by atoms with Crippen LogP contribution < -0.4 is 4.90 Å². The highest BCUT2D eigenvalue weighted by atomic mass is 16.4. The van der Waals surface area contributed by atoms with Gasteiger partial charge in [-0.2, -0.15) is 0 Å². The minimum Gasteiger partial charge on any atom is -0.481 e. The number of fused-ring (bicyclic) bond motifs is 1. The van der Waals surface area contributed by atoms with Gasteiger partial charge in [-0.05, 0) is 11.6 Å². The monoisotopic (exact) mass is 285 g/mol. The van der Waals surface area contributed by atoms with Gasteiger partial charge >= 0.3 is 5.97 Å². The first-order valence-corrected chi connectivity index (χ1v) is 6.74. The zero-order chi connectivity index (χ0) is 14.8. The van der Waals surface area contributed by atoms with Crippen LogP contribution in [-0.2, 0) is 16.1 Å². The number of para-hydroxylation sites is 1. The van der Waals surface area contributed by atoms with Gasteiger partial charge in [0, 0.05) is 37.6 Å². The van der Waals surface area contributed by atoms with Crippen LogP contribution in [0.3, 0.4) is 0 Å². The Labute approximate surface area is 121 Å². The average Bonchev–Trinajstić information content (AvgIpc) is 3.12. The molecule has 0 radical (unpaired) electrons. The van der Waals surface area contributed by atoms with Gasteiger partial charge in [-0.25, -0.2) is 4.98 Å². The molecule has 3 rings (SSSR count). The Morgan fingerprint density at radius 2 is 2.14 bits per heavy atom. The maximum atomic E-state index is 12.4. The molecule has 1 aromatic heterocycles. The van der Waals surface area contributed by atoms with E-state index in [2.05, 4.69) is 4.98 Å². The Balaban J connectivity index is 1.76. The van der Waals surface area contributed by atoms with E-state index in [-0.39, 0.29) is 12.5 Å². The van der Waals surface area contributed by atoms with Crippen LogP contribution in [0.15, 0.2) is 43.0 Å². The van der Waals surface area contributed by atoms with Crippen molar-refractivity contribution < 1.29 is 14.7 Å². The molecule has 1 aromatic carbocycles. The summed E-state index contributed by atoms with van der Waals surface area (Å²) < 4.78 is 1.83. The van der Waals surface area contributed by atoms with E-state index in [1.807, 2.05) is 10.6 Å². The maximum Gasteiger partial charge on any atom is 0.312 e. The van der Waals surface area contributed by atoms with Crippen LogP contribution in [0.25, 0.3) is 0 Å². The van der Waals surface area contributed by atoms with E-state index in [4.69, 9.17) is 0 Å². The van der Waals surface area contributed by atoms with Crippen molar-refractivity contribution in [1.82, 2.24) is 9.55 Å². The van der Waals surface area contributed by atoms with E-state index in [1.54, 1.807) is 41.8 Å². The number of carbonyl (C=O) groups excluding carboxylic acids is 1. The summed E-state index contributed by atoms with van der Waals surface area (Å²) in [5.74, 6) is -1.61. The molecule has 21 heavy (non-hydrogen) atoms. The first-order valence-electron chi connectivity index (χ1n) is 6.74. The number of carbonyl (C=O) groups is 2. The number of aromatic nitrogens is 2. The molecular weight excluding hydrogens is 270 g/mol. The molecule has 1 amide bonds. The smallest absolute Gasteiger partial charge is 0.312 e. The summed E-state index contributed by atoms with van der Waals surface area (Å²) >= 11 is 0. The van der Waals surface area contributed by atoms with Crippen molar-refractivity contribution in [3.8, 4) is 0 Å². The molecule has 0 spiro atoms. The van der Waals surface area contributed by atoms with Gasteiger partial charge in [0.05, 0.1) is 6.33 Å². The minimum absolute atomic E-state index is 0.0695. The quantitative estimate of drug-likeness (QED) is 0.923. The van der Waals surface area contributed by atoms with Gasteiger partial charge in [-0.1, -0.05) is 18.2 Å².